The number of amides is 1. The number of ether oxygens (including phenoxy) is 1. The van der Waals surface area contributed by atoms with Crippen LogP contribution in [0, 0.1) is 5.92 Å². The molecule has 0 bridgehead atoms. The van der Waals surface area contributed by atoms with Gasteiger partial charge in [0.2, 0.25) is 5.91 Å². The Bertz CT molecular complexity index is 229. The van der Waals surface area contributed by atoms with Crippen molar-refractivity contribution in [3.63, 3.8) is 0 Å². The van der Waals surface area contributed by atoms with Crippen LogP contribution in [0.25, 0.3) is 0 Å². The van der Waals surface area contributed by atoms with Crippen molar-refractivity contribution in [2.24, 2.45) is 11.7 Å². The van der Waals surface area contributed by atoms with Crippen molar-refractivity contribution in [1.29, 1.82) is 0 Å². The third-order valence-electron chi connectivity index (χ3n) is 3.09. The first-order valence-electron chi connectivity index (χ1n) is 5.87. The lowest BCUT2D eigenvalue weighted by Crippen LogP contribution is -2.32. The highest BCUT2D eigenvalue weighted by Gasteiger charge is 2.24. The summed E-state index contributed by atoms with van der Waals surface area (Å²) in [5, 5.41) is 0. The lowest BCUT2D eigenvalue weighted by molar-refractivity contribution is -0.131. The van der Waals surface area contributed by atoms with Crippen LogP contribution in [0.3, 0.4) is 0 Å². The average Bonchev–Trinajstić information content (AvgIpc) is 2.94. The summed E-state index contributed by atoms with van der Waals surface area (Å²) in [4.78, 5) is 13.5. The molecule has 0 aromatic heterocycles. The van der Waals surface area contributed by atoms with E-state index >= 15 is 0 Å². The summed E-state index contributed by atoms with van der Waals surface area (Å²) in [5.41, 5.74) is 5.74. The zero-order valence-corrected chi connectivity index (χ0v) is 9.15. The van der Waals surface area contributed by atoms with Crippen LogP contribution in [-0.2, 0) is 9.53 Å². The van der Waals surface area contributed by atoms with Crippen LogP contribution in [0.2, 0.25) is 0 Å². The smallest absolute Gasteiger partial charge is 0.224 e. The molecule has 2 aliphatic rings. The van der Waals surface area contributed by atoms with E-state index < -0.39 is 0 Å². The molecular formula is C11H20N2O2. The van der Waals surface area contributed by atoms with E-state index in [1.54, 1.807) is 0 Å². The van der Waals surface area contributed by atoms with E-state index in [0.29, 0.717) is 13.0 Å². The van der Waals surface area contributed by atoms with Gasteiger partial charge in [-0.15, -0.1) is 0 Å². The van der Waals surface area contributed by atoms with Gasteiger partial charge in [-0.25, -0.2) is 0 Å². The molecule has 1 unspecified atom stereocenters. The van der Waals surface area contributed by atoms with Gasteiger partial charge in [0.25, 0.3) is 0 Å². The minimum atomic E-state index is 0.182. The monoisotopic (exact) mass is 212 g/mol. The van der Waals surface area contributed by atoms with Gasteiger partial charge < -0.3 is 15.4 Å². The highest BCUT2D eigenvalue weighted by Crippen LogP contribution is 2.28. The number of hydrogen-bond acceptors (Lipinski definition) is 3. The fourth-order valence-electron chi connectivity index (χ4n) is 1.87. The SMILES string of the molecule is NC1CCN(C(=O)CCOCC2CC2)C1. The van der Waals surface area contributed by atoms with Crippen LogP contribution < -0.4 is 5.73 Å². The highest BCUT2D eigenvalue weighted by atomic mass is 16.5. The summed E-state index contributed by atoms with van der Waals surface area (Å²) >= 11 is 0. The molecule has 1 aliphatic heterocycles. The Hall–Kier alpha value is -0.610. The normalized spacial score (nSPS) is 25.9. The van der Waals surface area contributed by atoms with Crippen molar-refractivity contribution in [3.8, 4) is 0 Å². The Morgan fingerprint density at radius 3 is 2.80 bits per heavy atom. The van der Waals surface area contributed by atoms with Gasteiger partial charge in [-0.2, -0.15) is 0 Å². The van der Waals surface area contributed by atoms with Gasteiger partial charge in [0, 0.05) is 25.7 Å². The summed E-state index contributed by atoms with van der Waals surface area (Å²) in [6.07, 6.45) is 4.05. The van der Waals surface area contributed by atoms with Crippen LogP contribution in [0.15, 0.2) is 0 Å². The van der Waals surface area contributed by atoms with Crippen molar-refractivity contribution in [2.45, 2.75) is 31.7 Å². The zero-order chi connectivity index (χ0) is 10.7. The van der Waals surface area contributed by atoms with Crippen molar-refractivity contribution in [3.05, 3.63) is 0 Å². The van der Waals surface area contributed by atoms with Crippen molar-refractivity contribution in [2.75, 3.05) is 26.3 Å². The first-order valence-corrected chi connectivity index (χ1v) is 5.87. The van der Waals surface area contributed by atoms with E-state index in [-0.39, 0.29) is 11.9 Å². The lowest BCUT2D eigenvalue weighted by Gasteiger charge is -2.15. The third kappa shape index (κ3) is 3.47. The number of hydrogen-bond donors (Lipinski definition) is 1. The predicted molar refractivity (Wildman–Crippen MR) is 57.3 cm³/mol. The number of nitrogens with two attached hydrogens (primary N) is 1. The maximum Gasteiger partial charge on any atom is 0.224 e. The highest BCUT2D eigenvalue weighted by molar-refractivity contribution is 5.76. The van der Waals surface area contributed by atoms with E-state index in [2.05, 4.69) is 0 Å². The molecule has 0 aromatic rings. The van der Waals surface area contributed by atoms with E-state index in [1.807, 2.05) is 4.90 Å². The van der Waals surface area contributed by atoms with Crippen LogP contribution in [0.1, 0.15) is 25.7 Å². The van der Waals surface area contributed by atoms with E-state index in [0.717, 1.165) is 32.0 Å². The van der Waals surface area contributed by atoms with Crippen molar-refractivity contribution in [1.82, 2.24) is 4.90 Å². The van der Waals surface area contributed by atoms with Crippen LogP contribution in [0.4, 0.5) is 0 Å². The quantitative estimate of drug-likeness (QED) is 0.670. The molecule has 4 nitrogen and oxygen atoms in total. The van der Waals surface area contributed by atoms with E-state index in [4.69, 9.17) is 10.5 Å². The second-order valence-electron chi connectivity index (χ2n) is 4.66. The molecule has 0 spiro atoms. The topological polar surface area (TPSA) is 55.6 Å². The first kappa shape index (κ1) is 10.9. The van der Waals surface area contributed by atoms with Gasteiger partial charge in [0.15, 0.2) is 0 Å². The molecule has 2 fully saturated rings. The molecule has 1 amide bonds. The van der Waals surface area contributed by atoms with Gasteiger partial charge in [0.05, 0.1) is 13.0 Å². The molecule has 0 aromatic carbocycles. The Balaban J connectivity index is 1.55. The summed E-state index contributed by atoms with van der Waals surface area (Å²) in [7, 11) is 0. The molecule has 4 heteroatoms. The fraction of sp³-hybridized carbons (Fsp3) is 0.909. The number of nitrogens with zero attached hydrogens (tertiary/aromatic N) is 1. The molecule has 1 heterocycles. The lowest BCUT2D eigenvalue weighted by atomic mass is 10.3. The summed E-state index contributed by atoms with van der Waals surface area (Å²) in [5.74, 6) is 0.971. The maximum absolute atomic E-state index is 11.6. The van der Waals surface area contributed by atoms with E-state index in [1.165, 1.54) is 12.8 Å². The Morgan fingerprint density at radius 2 is 2.20 bits per heavy atom. The molecule has 2 rings (SSSR count). The molecule has 1 atom stereocenters. The standard InChI is InChI=1S/C11H20N2O2/c12-10-3-5-13(7-10)11(14)4-6-15-8-9-1-2-9/h9-10H,1-8,12H2. The summed E-state index contributed by atoms with van der Waals surface area (Å²) < 4.78 is 5.44. The molecule has 1 aliphatic carbocycles. The second kappa shape index (κ2) is 4.94. The minimum Gasteiger partial charge on any atom is -0.381 e. The number of likely N-dealkylation sites (tertiary alicyclic amines) is 1. The molecule has 86 valence electrons. The maximum atomic E-state index is 11.6. The van der Waals surface area contributed by atoms with E-state index in [9.17, 15) is 4.79 Å². The number of carbonyl (C=O) groups excluding carboxylic acids is 1. The van der Waals surface area contributed by atoms with Crippen LogP contribution >= 0.6 is 0 Å². The average molecular weight is 212 g/mol. The molecule has 15 heavy (non-hydrogen) atoms. The number of carbonyl (C=O) groups is 1. The Kier molecular flexibility index (Phi) is 3.59. The van der Waals surface area contributed by atoms with Crippen LogP contribution in [-0.4, -0.2) is 43.2 Å². The van der Waals surface area contributed by atoms with Gasteiger partial charge in [-0.3, -0.25) is 4.79 Å². The first-order chi connectivity index (χ1) is 7.25. The van der Waals surface area contributed by atoms with Crippen molar-refractivity contribution >= 4 is 5.91 Å². The fourth-order valence-corrected chi connectivity index (χ4v) is 1.87. The summed E-state index contributed by atoms with van der Waals surface area (Å²) in [6, 6.07) is 0.182. The Labute approximate surface area is 90.8 Å². The van der Waals surface area contributed by atoms with Crippen molar-refractivity contribution < 1.29 is 9.53 Å². The molecule has 2 N–H and O–H groups in total. The molecular weight excluding hydrogens is 192 g/mol. The second-order valence-corrected chi connectivity index (χ2v) is 4.66. The van der Waals surface area contributed by atoms with Crippen LogP contribution in [0.5, 0.6) is 0 Å². The number of rotatable bonds is 5. The predicted octanol–water partition coefficient (Wildman–Crippen LogP) is 0.363. The van der Waals surface area contributed by atoms with Gasteiger partial charge in [0.1, 0.15) is 0 Å². The Morgan fingerprint density at radius 1 is 1.40 bits per heavy atom. The molecule has 1 saturated carbocycles. The zero-order valence-electron chi connectivity index (χ0n) is 9.15. The van der Waals surface area contributed by atoms with Gasteiger partial charge in [-0.1, -0.05) is 0 Å². The third-order valence-corrected chi connectivity index (χ3v) is 3.09. The molecule has 0 radical (unpaired) electrons. The largest absolute Gasteiger partial charge is 0.381 e. The summed E-state index contributed by atoms with van der Waals surface area (Å²) in [6.45, 7) is 2.96. The molecule has 1 saturated heterocycles. The minimum absolute atomic E-state index is 0.182. The van der Waals surface area contributed by atoms with Gasteiger partial charge >= 0.3 is 0 Å². The van der Waals surface area contributed by atoms with Gasteiger partial charge in [-0.05, 0) is 25.2 Å².